The molecule has 0 spiro atoms. The van der Waals surface area contributed by atoms with Crippen LogP contribution < -0.4 is 10.6 Å². The van der Waals surface area contributed by atoms with E-state index in [4.69, 9.17) is 16.3 Å². The lowest BCUT2D eigenvalue weighted by molar-refractivity contribution is -0.119. The highest BCUT2D eigenvalue weighted by Gasteiger charge is 2.15. The van der Waals surface area contributed by atoms with Crippen molar-refractivity contribution in [2.45, 2.75) is 13.8 Å². The zero-order chi connectivity index (χ0) is 17.7. The minimum absolute atomic E-state index is 0.0231. The molecule has 2 rings (SSSR count). The Kier molecular flexibility index (Phi) is 5.88. The second kappa shape index (κ2) is 7.89. The van der Waals surface area contributed by atoms with Gasteiger partial charge in [0.2, 0.25) is 5.91 Å². The molecule has 0 saturated heterocycles. The molecule has 0 aliphatic heterocycles. The number of hydrogen-bond acceptors (Lipinski definition) is 6. The highest BCUT2D eigenvalue weighted by Crippen LogP contribution is 2.20. The van der Waals surface area contributed by atoms with Gasteiger partial charge in [0.05, 0.1) is 0 Å². The number of esters is 1. The number of benzene rings is 1. The minimum atomic E-state index is -0.750. The Morgan fingerprint density at radius 1 is 1.29 bits per heavy atom. The van der Waals surface area contributed by atoms with Crippen molar-refractivity contribution in [3.8, 4) is 0 Å². The average molecular weight is 368 g/mol. The van der Waals surface area contributed by atoms with E-state index in [0.29, 0.717) is 10.7 Å². The Balaban J connectivity index is 1.86. The summed E-state index contributed by atoms with van der Waals surface area (Å²) in [6, 6.07) is 5.07. The van der Waals surface area contributed by atoms with Crippen molar-refractivity contribution in [3.05, 3.63) is 39.9 Å². The number of aromatic nitrogens is 1. The molecule has 7 nitrogen and oxygen atoms in total. The number of halogens is 1. The molecule has 24 heavy (non-hydrogen) atoms. The van der Waals surface area contributed by atoms with Crippen LogP contribution in [0.5, 0.6) is 0 Å². The first kappa shape index (κ1) is 17.9. The van der Waals surface area contributed by atoms with Crippen LogP contribution in [-0.4, -0.2) is 29.4 Å². The standard InChI is InChI=1S/C15H14ClN3O4S/c1-8-3-4-10(5-11(8)16)18-13(21)6-23-14(22)12-7-24-15(19-12)17-9(2)20/h3-5,7H,6H2,1-2H3,(H,18,21)(H,17,19,20). The fourth-order valence-electron chi connectivity index (χ4n) is 1.65. The van der Waals surface area contributed by atoms with Gasteiger partial charge in [0.15, 0.2) is 17.4 Å². The fraction of sp³-hybridized carbons (Fsp3) is 0.200. The predicted octanol–water partition coefficient (Wildman–Crippen LogP) is 2.86. The number of ether oxygens (including phenoxy) is 1. The molecule has 1 aromatic heterocycles. The maximum Gasteiger partial charge on any atom is 0.358 e. The molecule has 2 amide bonds. The molecule has 0 aliphatic rings. The van der Waals surface area contributed by atoms with Crippen molar-refractivity contribution in [1.82, 2.24) is 4.98 Å². The number of nitrogens with one attached hydrogen (secondary N) is 2. The van der Waals surface area contributed by atoms with Crippen LogP contribution in [-0.2, 0) is 14.3 Å². The van der Waals surface area contributed by atoms with Crippen molar-refractivity contribution in [1.29, 1.82) is 0 Å². The Labute approximate surface area is 147 Å². The van der Waals surface area contributed by atoms with Crippen LogP contribution in [0.1, 0.15) is 23.0 Å². The molecule has 0 bridgehead atoms. The second-order valence-corrected chi connectivity index (χ2v) is 6.07. The Morgan fingerprint density at radius 3 is 2.71 bits per heavy atom. The van der Waals surface area contributed by atoms with Gasteiger partial charge < -0.3 is 15.4 Å². The summed E-state index contributed by atoms with van der Waals surface area (Å²) < 4.78 is 4.88. The van der Waals surface area contributed by atoms with Gasteiger partial charge in [-0.2, -0.15) is 0 Å². The van der Waals surface area contributed by atoms with Gasteiger partial charge >= 0.3 is 5.97 Å². The molecule has 1 aromatic carbocycles. The third kappa shape index (κ3) is 5.04. The topological polar surface area (TPSA) is 97.4 Å². The van der Waals surface area contributed by atoms with Crippen molar-refractivity contribution >= 4 is 51.5 Å². The molecular formula is C15H14ClN3O4S. The van der Waals surface area contributed by atoms with Gasteiger partial charge in [-0.25, -0.2) is 9.78 Å². The summed E-state index contributed by atoms with van der Waals surface area (Å²) in [4.78, 5) is 38.4. The van der Waals surface area contributed by atoms with Crippen LogP contribution in [0.4, 0.5) is 10.8 Å². The molecule has 2 aromatic rings. The van der Waals surface area contributed by atoms with E-state index < -0.39 is 18.5 Å². The number of amides is 2. The summed E-state index contributed by atoms with van der Waals surface area (Å²) in [7, 11) is 0. The first-order valence-corrected chi connectivity index (χ1v) is 8.07. The van der Waals surface area contributed by atoms with Crippen LogP contribution in [0, 0.1) is 6.92 Å². The van der Waals surface area contributed by atoms with Gasteiger partial charge in [-0.05, 0) is 24.6 Å². The largest absolute Gasteiger partial charge is 0.451 e. The summed E-state index contributed by atoms with van der Waals surface area (Å²) in [5, 5.41) is 7.28. The maximum absolute atomic E-state index is 11.8. The highest BCUT2D eigenvalue weighted by molar-refractivity contribution is 7.14. The number of carbonyl (C=O) groups excluding carboxylic acids is 3. The van der Waals surface area contributed by atoms with E-state index in [0.717, 1.165) is 16.9 Å². The van der Waals surface area contributed by atoms with E-state index in [-0.39, 0.29) is 16.7 Å². The number of hydrogen-bond donors (Lipinski definition) is 2. The van der Waals surface area contributed by atoms with Gasteiger partial charge in [-0.15, -0.1) is 11.3 Å². The molecule has 0 atom stereocenters. The average Bonchev–Trinajstić information content (AvgIpc) is 2.96. The van der Waals surface area contributed by atoms with E-state index in [2.05, 4.69) is 15.6 Å². The van der Waals surface area contributed by atoms with Crippen molar-refractivity contribution < 1.29 is 19.1 Å². The van der Waals surface area contributed by atoms with E-state index in [1.54, 1.807) is 18.2 Å². The number of carbonyl (C=O) groups is 3. The summed E-state index contributed by atoms with van der Waals surface area (Å²) in [6.45, 7) is 2.72. The molecular weight excluding hydrogens is 354 g/mol. The monoisotopic (exact) mass is 367 g/mol. The Bertz CT molecular complexity index is 791. The zero-order valence-corrected chi connectivity index (χ0v) is 14.5. The Morgan fingerprint density at radius 2 is 2.04 bits per heavy atom. The quantitative estimate of drug-likeness (QED) is 0.792. The first-order valence-electron chi connectivity index (χ1n) is 6.81. The van der Waals surface area contributed by atoms with Gasteiger partial charge in [-0.1, -0.05) is 17.7 Å². The third-order valence-electron chi connectivity index (χ3n) is 2.79. The second-order valence-electron chi connectivity index (χ2n) is 4.81. The van der Waals surface area contributed by atoms with Gasteiger partial charge in [0.25, 0.3) is 5.91 Å². The van der Waals surface area contributed by atoms with Crippen LogP contribution in [0.25, 0.3) is 0 Å². The van der Waals surface area contributed by atoms with Crippen LogP contribution >= 0.6 is 22.9 Å². The number of thiazole rings is 1. The summed E-state index contributed by atoms with van der Waals surface area (Å²) >= 11 is 7.06. The van der Waals surface area contributed by atoms with Gasteiger partial charge in [0, 0.05) is 23.0 Å². The minimum Gasteiger partial charge on any atom is -0.451 e. The fourth-order valence-corrected chi connectivity index (χ4v) is 2.55. The lowest BCUT2D eigenvalue weighted by Gasteiger charge is -2.07. The SMILES string of the molecule is CC(=O)Nc1nc(C(=O)OCC(=O)Nc2ccc(C)c(Cl)c2)cs1. The van der Waals surface area contributed by atoms with Crippen molar-refractivity contribution in [3.63, 3.8) is 0 Å². The van der Waals surface area contributed by atoms with E-state index in [1.807, 2.05) is 6.92 Å². The summed E-state index contributed by atoms with van der Waals surface area (Å²) in [6.07, 6.45) is 0. The molecule has 2 N–H and O–H groups in total. The summed E-state index contributed by atoms with van der Waals surface area (Å²) in [5.41, 5.74) is 1.42. The molecule has 126 valence electrons. The van der Waals surface area contributed by atoms with E-state index in [1.165, 1.54) is 12.3 Å². The molecule has 0 radical (unpaired) electrons. The predicted molar refractivity (Wildman–Crippen MR) is 91.5 cm³/mol. The van der Waals surface area contributed by atoms with E-state index >= 15 is 0 Å². The van der Waals surface area contributed by atoms with Crippen LogP contribution in [0.3, 0.4) is 0 Å². The molecule has 0 unspecified atom stereocenters. The van der Waals surface area contributed by atoms with Crippen molar-refractivity contribution in [2.75, 3.05) is 17.2 Å². The molecule has 0 aliphatic carbocycles. The summed E-state index contributed by atoms with van der Waals surface area (Å²) in [5.74, 6) is -1.54. The molecule has 9 heteroatoms. The van der Waals surface area contributed by atoms with E-state index in [9.17, 15) is 14.4 Å². The first-order chi connectivity index (χ1) is 11.3. The Hall–Kier alpha value is -2.45. The molecule has 0 saturated carbocycles. The van der Waals surface area contributed by atoms with Gasteiger partial charge in [0.1, 0.15) is 0 Å². The third-order valence-corrected chi connectivity index (χ3v) is 3.95. The smallest absolute Gasteiger partial charge is 0.358 e. The number of nitrogens with zero attached hydrogens (tertiary/aromatic N) is 1. The lowest BCUT2D eigenvalue weighted by Crippen LogP contribution is -2.21. The normalized spacial score (nSPS) is 10.1. The molecule has 1 heterocycles. The number of anilines is 2. The number of rotatable bonds is 5. The zero-order valence-electron chi connectivity index (χ0n) is 12.9. The number of aryl methyl sites for hydroxylation is 1. The van der Waals surface area contributed by atoms with Gasteiger partial charge in [-0.3, -0.25) is 9.59 Å². The lowest BCUT2D eigenvalue weighted by atomic mass is 10.2. The van der Waals surface area contributed by atoms with Crippen LogP contribution in [0.2, 0.25) is 5.02 Å². The maximum atomic E-state index is 11.8. The molecule has 0 fully saturated rings. The highest BCUT2D eigenvalue weighted by atomic mass is 35.5. The van der Waals surface area contributed by atoms with Crippen molar-refractivity contribution in [2.24, 2.45) is 0 Å². The van der Waals surface area contributed by atoms with Crippen LogP contribution in [0.15, 0.2) is 23.6 Å².